The van der Waals surface area contributed by atoms with Crippen LogP contribution in [0.15, 0.2) is 12.4 Å². The van der Waals surface area contributed by atoms with Gasteiger partial charge in [0.05, 0.1) is 11.9 Å². The molecule has 0 amide bonds. The molecule has 0 atom stereocenters. The number of fused-ring (bicyclic) bond motifs is 1. The zero-order chi connectivity index (χ0) is 6.81. The van der Waals surface area contributed by atoms with Gasteiger partial charge in [-0.05, 0) is 18.9 Å². The Morgan fingerprint density at radius 3 is 3.40 bits per heavy atom. The Bertz CT molecular complexity index is 266. The van der Waals surface area contributed by atoms with Crippen molar-refractivity contribution in [3.8, 4) is 0 Å². The summed E-state index contributed by atoms with van der Waals surface area (Å²) in [6, 6.07) is 0. The van der Waals surface area contributed by atoms with Gasteiger partial charge in [0.25, 0.3) is 0 Å². The highest BCUT2D eigenvalue weighted by Crippen LogP contribution is 2.13. The van der Waals surface area contributed by atoms with E-state index in [0.717, 1.165) is 24.1 Å². The molecular formula is C8H7N2. The lowest BCUT2D eigenvalue weighted by Crippen LogP contribution is -1.97. The molecule has 0 aliphatic heterocycles. The summed E-state index contributed by atoms with van der Waals surface area (Å²) in [6.07, 6.45) is 10.7. The minimum atomic E-state index is 1.03. The van der Waals surface area contributed by atoms with Gasteiger partial charge in [-0.25, -0.2) is 9.97 Å². The van der Waals surface area contributed by atoms with E-state index in [1.54, 1.807) is 0 Å². The zero-order valence-electron chi connectivity index (χ0n) is 5.54. The van der Waals surface area contributed by atoms with Crippen LogP contribution in [0.1, 0.15) is 17.7 Å². The Morgan fingerprint density at radius 1 is 1.50 bits per heavy atom. The molecule has 2 rings (SSSR count). The molecule has 1 aliphatic rings. The van der Waals surface area contributed by atoms with E-state index in [1.807, 2.05) is 6.08 Å². The van der Waals surface area contributed by atoms with Gasteiger partial charge < -0.3 is 0 Å². The van der Waals surface area contributed by atoms with Gasteiger partial charge in [0.1, 0.15) is 6.33 Å². The smallest absolute Gasteiger partial charge is 0.116 e. The number of nitrogens with zero attached hydrogens (tertiary/aromatic N) is 2. The van der Waals surface area contributed by atoms with Gasteiger partial charge >= 0.3 is 0 Å². The van der Waals surface area contributed by atoms with Crippen molar-refractivity contribution in [2.24, 2.45) is 0 Å². The molecule has 1 heterocycles. The second kappa shape index (κ2) is 2.21. The topological polar surface area (TPSA) is 25.8 Å². The summed E-state index contributed by atoms with van der Waals surface area (Å²) in [4.78, 5) is 7.92. The summed E-state index contributed by atoms with van der Waals surface area (Å²) in [7, 11) is 0. The third kappa shape index (κ3) is 0.817. The van der Waals surface area contributed by atoms with Crippen LogP contribution >= 0.6 is 0 Å². The summed E-state index contributed by atoms with van der Waals surface area (Å²) in [5.74, 6) is 0. The predicted molar refractivity (Wildman–Crippen MR) is 38.2 cm³/mol. The molecule has 1 aliphatic carbocycles. The van der Waals surface area contributed by atoms with E-state index >= 15 is 0 Å². The Labute approximate surface area is 59.6 Å². The third-order valence-electron chi connectivity index (χ3n) is 1.60. The molecule has 0 unspecified atom stereocenters. The van der Waals surface area contributed by atoms with Crippen molar-refractivity contribution < 1.29 is 0 Å². The first-order chi connectivity index (χ1) is 4.97. The molecular weight excluding hydrogens is 124 g/mol. The SMILES string of the molecule is [c]1ncnc2c1CCC=C2. The number of hydrogen-bond donors (Lipinski definition) is 0. The molecule has 0 N–H and O–H groups in total. The number of aromatic nitrogens is 2. The molecule has 1 aromatic heterocycles. The van der Waals surface area contributed by atoms with Crippen molar-refractivity contribution >= 4 is 6.08 Å². The van der Waals surface area contributed by atoms with E-state index in [0.29, 0.717) is 0 Å². The molecule has 2 heteroatoms. The van der Waals surface area contributed by atoms with Crippen molar-refractivity contribution in [1.29, 1.82) is 0 Å². The van der Waals surface area contributed by atoms with Crippen molar-refractivity contribution in [2.45, 2.75) is 12.8 Å². The normalized spacial score (nSPS) is 14.8. The molecule has 0 spiro atoms. The number of hydrogen-bond acceptors (Lipinski definition) is 2. The van der Waals surface area contributed by atoms with E-state index < -0.39 is 0 Å². The van der Waals surface area contributed by atoms with Gasteiger partial charge in [0, 0.05) is 5.56 Å². The highest BCUT2D eigenvalue weighted by molar-refractivity contribution is 5.50. The summed E-state index contributed by atoms with van der Waals surface area (Å²) >= 11 is 0. The van der Waals surface area contributed by atoms with E-state index in [2.05, 4.69) is 22.2 Å². The minimum absolute atomic E-state index is 1.03. The molecule has 1 aromatic rings. The van der Waals surface area contributed by atoms with E-state index in [4.69, 9.17) is 0 Å². The van der Waals surface area contributed by atoms with Crippen LogP contribution in [0, 0.1) is 6.20 Å². The first-order valence-corrected chi connectivity index (χ1v) is 3.35. The van der Waals surface area contributed by atoms with Crippen molar-refractivity contribution in [2.75, 3.05) is 0 Å². The lowest BCUT2D eigenvalue weighted by Gasteiger charge is -2.05. The van der Waals surface area contributed by atoms with Crippen LogP contribution in [0.5, 0.6) is 0 Å². The summed E-state index contributed by atoms with van der Waals surface area (Å²) in [5.41, 5.74) is 2.17. The van der Waals surface area contributed by atoms with Crippen LogP contribution < -0.4 is 0 Å². The van der Waals surface area contributed by atoms with Gasteiger partial charge in [0.15, 0.2) is 0 Å². The maximum Gasteiger partial charge on any atom is 0.116 e. The van der Waals surface area contributed by atoms with Crippen LogP contribution in [0.4, 0.5) is 0 Å². The minimum Gasteiger partial charge on any atom is -0.237 e. The van der Waals surface area contributed by atoms with Gasteiger partial charge in [-0.3, -0.25) is 0 Å². The summed E-state index contributed by atoms with van der Waals surface area (Å²) in [6.45, 7) is 0. The highest BCUT2D eigenvalue weighted by Gasteiger charge is 2.03. The fraction of sp³-hybridized carbons (Fsp3) is 0.250. The molecule has 0 saturated heterocycles. The number of rotatable bonds is 0. The lowest BCUT2D eigenvalue weighted by molar-refractivity contribution is 0.934. The molecule has 1 radical (unpaired) electrons. The average molecular weight is 131 g/mol. The molecule has 0 saturated carbocycles. The van der Waals surface area contributed by atoms with Gasteiger partial charge in [0.2, 0.25) is 0 Å². The third-order valence-corrected chi connectivity index (χ3v) is 1.60. The fourth-order valence-corrected chi connectivity index (χ4v) is 1.08. The van der Waals surface area contributed by atoms with Gasteiger partial charge in [-0.15, -0.1) is 0 Å². The fourth-order valence-electron chi connectivity index (χ4n) is 1.08. The second-order valence-corrected chi connectivity index (χ2v) is 2.29. The molecule has 0 bridgehead atoms. The Balaban J connectivity index is 2.54. The molecule has 10 heavy (non-hydrogen) atoms. The van der Waals surface area contributed by atoms with Crippen LogP contribution in [0.2, 0.25) is 0 Å². The van der Waals surface area contributed by atoms with Crippen LogP contribution in [0.25, 0.3) is 6.08 Å². The Kier molecular flexibility index (Phi) is 1.24. The van der Waals surface area contributed by atoms with Gasteiger partial charge in [-0.1, -0.05) is 6.08 Å². The maximum absolute atomic E-state index is 4.09. The zero-order valence-corrected chi connectivity index (χ0v) is 5.54. The second-order valence-electron chi connectivity index (χ2n) is 2.29. The van der Waals surface area contributed by atoms with E-state index in [-0.39, 0.29) is 0 Å². The number of aryl methyl sites for hydroxylation is 1. The molecule has 0 fully saturated rings. The maximum atomic E-state index is 4.09. The van der Waals surface area contributed by atoms with Crippen LogP contribution in [-0.4, -0.2) is 9.97 Å². The average Bonchev–Trinajstić information content (AvgIpc) is 2.05. The van der Waals surface area contributed by atoms with E-state index in [9.17, 15) is 0 Å². The monoisotopic (exact) mass is 131 g/mol. The predicted octanol–water partition coefficient (Wildman–Crippen LogP) is 1.24. The molecule has 49 valence electrons. The molecule has 2 nitrogen and oxygen atoms in total. The first kappa shape index (κ1) is 5.59. The van der Waals surface area contributed by atoms with Crippen LogP contribution in [-0.2, 0) is 6.42 Å². The first-order valence-electron chi connectivity index (χ1n) is 3.35. The quantitative estimate of drug-likeness (QED) is 0.529. The molecule has 0 aromatic carbocycles. The van der Waals surface area contributed by atoms with Gasteiger partial charge in [-0.2, -0.15) is 0 Å². The largest absolute Gasteiger partial charge is 0.237 e. The standard InChI is InChI=1S/C8H7N2/c1-2-4-8-7(3-1)5-9-6-10-8/h2,4,6H,1,3H2. The van der Waals surface area contributed by atoms with Crippen LogP contribution in [0.3, 0.4) is 0 Å². The highest BCUT2D eigenvalue weighted by atomic mass is 14.8. The lowest BCUT2D eigenvalue weighted by atomic mass is 10.0. The van der Waals surface area contributed by atoms with E-state index in [1.165, 1.54) is 6.33 Å². The Morgan fingerprint density at radius 2 is 2.50 bits per heavy atom. The van der Waals surface area contributed by atoms with Crippen molar-refractivity contribution in [3.05, 3.63) is 29.9 Å². The number of allylic oxidation sites excluding steroid dienone is 1. The Hall–Kier alpha value is -1.18. The van der Waals surface area contributed by atoms with Crippen molar-refractivity contribution in [3.63, 3.8) is 0 Å². The van der Waals surface area contributed by atoms with Crippen molar-refractivity contribution in [1.82, 2.24) is 9.97 Å². The summed E-state index contributed by atoms with van der Waals surface area (Å²) in [5, 5.41) is 0. The summed E-state index contributed by atoms with van der Waals surface area (Å²) < 4.78 is 0.